The van der Waals surface area contributed by atoms with E-state index in [0.717, 1.165) is 41.1 Å². The normalized spacial score (nSPS) is 16.4. The van der Waals surface area contributed by atoms with Crippen molar-refractivity contribution in [2.24, 2.45) is 0 Å². The summed E-state index contributed by atoms with van der Waals surface area (Å²) < 4.78 is 0. The van der Waals surface area contributed by atoms with Crippen LogP contribution in [0.4, 0.5) is 5.82 Å². The number of anilines is 1. The zero-order valence-corrected chi connectivity index (χ0v) is 16.0. The summed E-state index contributed by atoms with van der Waals surface area (Å²) in [5.74, 6) is 1.56. The number of thiophene rings is 1. The summed E-state index contributed by atoms with van der Waals surface area (Å²) in [6, 6.07) is 2.46. The number of aromatic nitrogens is 2. The fourth-order valence-corrected chi connectivity index (χ4v) is 4.44. The van der Waals surface area contributed by atoms with Crippen LogP contribution in [-0.4, -0.2) is 28.5 Å². The van der Waals surface area contributed by atoms with Gasteiger partial charge in [0.2, 0.25) is 5.91 Å². The minimum Gasteiger partial charge on any atom is -0.360 e. The Morgan fingerprint density at radius 3 is 2.64 bits per heavy atom. The van der Waals surface area contributed by atoms with Gasteiger partial charge in [0.1, 0.15) is 16.5 Å². The molecule has 25 heavy (non-hydrogen) atoms. The highest BCUT2D eigenvalue weighted by Gasteiger charge is 2.15. The van der Waals surface area contributed by atoms with Gasteiger partial charge in [-0.3, -0.25) is 4.79 Å². The van der Waals surface area contributed by atoms with Gasteiger partial charge in [-0.1, -0.05) is 39.0 Å². The van der Waals surface area contributed by atoms with Crippen LogP contribution in [0.15, 0.2) is 6.07 Å². The van der Waals surface area contributed by atoms with Crippen molar-refractivity contribution in [1.29, 1.82) is 0 Å². The number of aryl methyl sites for hydroxylation is 2. The molecule has 1 saturated carbocycles. The van der Waals surface area contributed by atoms with Crippen LogP contribution in [0.1, 0.15) is 62.6 Å². The third-order valence-corrected chi connectivity index (χ3v) is 5.96. The quantitative estimate of drug-likeness (QED) is 0.838. The van der Waals surface area contributed by atoms with Crippen molar-refractivity contribution in [2.45, 2.75) is 71.3 Å². The topological polar surface area (TPSA) is 66.9 Å². The SMILES string of the molecule is CCc1cc2c(NCC(=O)NC3CCCCCCC3)nc(C)nc2s1. The van der Waals surface area contributed by atoms with Gasteiger partial charge in [-0.25, -0.2) is 9.97 Å². The smallest absolute Gasteiger partial charge is 0.239 e. The van der Waals surface area contributed by atoms with Crippen molar-refractivity contribution in [1.82, 2.24) is 15.3 Å². The Bertz CT molecular complexity index is 720. The van der Waals surface area contributed by atoms with Crippen LogP contribution in [0.25, 0.3) is 10.2 Å². The molecule has 0 radical (unpaired) electrons. The number of hydrogen-bond donors (Lipinski definition) is 2. The van der Waals surface area contributed by atoms with Gasteiger partial charge in [0.25, 0.3) is 0 Å². The van der Waals surface area contributed by atoms with E-state index in [1.54, 1.807) is 11.3 Å². The summed E-state index contributed by atoms with van der Waals surface area (Å²) in [5, 5.41) is 7.44. The molecule has 2 aromatic heterocycles. The lowest BCUT2D eigenvalue weighted by molar-refractivity contribution is -0.120. The standard InChI is InChI=1S/C19H28N4OS/c1-3-15-11-16-18(21-13(2)22-19(16)25-15)20-12-17(24)23-14-9-7-5-4-6-8-10-14/h11,14H,3-10,12H2,1-2H3,(H,23,24)(H,20,21,22). The molecule has 1 amide bonds. The zero-order valence-electron chi connectivity index (χ0n) is 15.2. The van der Waals surface area contributed by atoms with Gasteiger partial charge in [0, 0.05) is 10.9 Å². The van der Waals surface area contributed by atoms with E-state index in [2.05, 4.69) is 33.6 Å². The molecular weight excluding hydrogens is 332 g/mol. The average Bonchev–Trinajstić information content (AvgIpc) is 2.98. The maximum absolute atomic E-state index is 12.4. The molecule has 0 bridgehead atoms. The van der Waals surface area contributed by atoms with Gasteiger partial charge in [0.05, 0.1) is 11.9 Å². The van der Waals surface area contributed by atoms with Gasteiger partial charge in [0.15, 0.2) is 0 Å². The molecule has 3 rings (SSSR count). The zero-order chi connectivity index (χ0) is 17.6. The minimum atomic E-state index is 0.0564. The first-order chi connectivity index (χ1) is 12.2. The molecule has 1 fully saturated rings. The second kappa shape index (κ2) is 8.61. The average molecular weight is 361 g/mol. The molecule has 136 valence electrons. The summed E-state index contributed by atoms with van der Waals surface area (Å²) in [6.07, 6.45) is 9.56. The first-order valence-corrected chi connectivity index (χ1v) is 10.3. The molecule has 0 aliphatic heterocycles. The lowest BCUT2D eigenvalue weighted by Crippen LogP contribution is -2.38. The predicted molar refractivity (Wildman–Crippen MR) is 104 cm³/mol. The lowest BCUT2D eigenvalue weighted by Gasteiger charge is -2.21. The van der Waals surface area contributed by atoms with Gasteiger partial charge >= 0.3 is 0 Å². The summed E-state index contributed by atoms with van der Waals surface area (Å²) in [6.45, 7) is 4.30. The van der Waals surface area contributed by atoms with Crippen LogP contribution in [0.2, 0.25) is 0 Å². The number of rotatable bonds is 5. The van der Waals surface area contributed by atoms with Crippen molar-refractivity contribution < 1.29 is 4.79 Å². The van der Waals surface area contributed by atoms with Gasteiger partial charge < -0.3 is 10.6 Å². The highest BCUT2D eigenvalue weighted by Crippen LogP contribution is 2.29. The predicted octanol–water partition coefficient (Wildman–Crippen LogP) is 4.20. The molecule has 2 aromatic rings. The Labute approximate surface area is 153 Å². The van der Waals surface area contributed by atoms with Crippen LogP contribution in [0.5, 0.6) is 0 Å². The van der Waals surface area contributed by atoms with E-state index in [9.17, 15) is 4.79 Å². The number of carbonyl (C=O) groups excluding carboxylic acids is 1. The minimum absolute atomic E-state index is 0.0564. The molecule has 0 spiro atoms. The number of carbonyl (C=O) groups is 1. The summed E-state index contributed by atoms with van der Waals surface area (Å²) in [7, 11) is 0. The van der Waals surface area contributed by atoms with E-state index in [4.69, 9.17) is 0 Å². The van der Waals surface area contributed by atoms with E-state index in [1.807, 2.05) is 6.92 Å². The first kappa shape index (κ1) is 18.1. The Hall–Kier alpha value is -1.69. The Kier molecular flexibility index (Phi) is 6.24. The number of hydrogen-bond acceptors (Lipinski definition) is 5. The highest BCUT2D eigenvalue weighted by atomic mass is 32.1. The summed E-state index contributed by atoms with van der Waals surface area (Å²) in [5.41, 5.74) is 0. The van der Waals surface area contributed by atoms with Gasteiger partial charge in [-0.2, -0.15) is 0 Å². The monoisotopic (exact) mass is 360 g/mol. The second-order valence-electron chi connectivity index (χ2n) is 6.87. The number of nitrogens with zero attached hydrogens (tertiary/aromatic N) is 2. The second-order valence-corrected chi connectivity index (χ2v) is 7.98. The molecule has 2 heterocycles. The molecule has 0 unspecified atom stereocenters. The fraction of sp³-hybridized carbons (Fsp3) is 0.632. The van der Waals surface area contributed by atoms with Crippen molar-refractivity contribution in [2.75, 3.05) is 11.9 Å². The summed E-state index contributed by atoms with van der Waals surface area (Å²) in [4.78, 5) is 23.6. The van der Waals surface area contributed by atoms with E-state index < -0.39 is 0 Å². The Morgan fingerprint density at radius 2 is 1.92 bits per heavy atom. The number of nitrogens with one attached hydrogen (secondary N) is 2. The van der Waals surface area contributed by atoms with E-state index in [0.29, 0.717) is 6.04 Å². The maximum atomic E-state index is 12.4. The third kappa shape index (κ3) is 4.91. The highest BCUT2D eigenvalue weighted by molar-refractivity contribution is 7.18. The number of amides is 1. The van der Waals surface area contributed by atoms with Crippen molar-refractivity contribution >= 4 is 33.3 Å². The molecule has 6 heteroatoms. The van der Waals surface area contributed by atoms with Gasteiger partial charge in [-0.05, 0) is 32.3 Å². The van der Waals surface area contributed by atoms with E-state index in [-0.39, 0.29) is 12.5 Å². The van der Waals surface area contributed by atoms with Crippen molar-refractivity contribution in [3.8, 4) is 0 Å². The lowest BCUT2D eigenvalue weighted by atomic mass is 9.97. The van der Waals surface area contributed by atoms with Crippen LogP contribution in [-0.2, 0) is 11.2 Å². The van der Waals surface area contributed by atoms with Crippen molar-refractivity contribution in [3.63, 3.8) is 0 Å². The molecule has 2 N–H and O–H groups in total. The van der Waals surface area contributed by atoms with E-state index in [1.165, 1.54) is 37.0 Å². The number of fused-ring (bicyclic) bond motifs is 1. The van der Waals surface area contributed by atoms with Gasteiger partial charge in [-0.15, -0.1) is 11.3 Å². The fourth-order valence-electron chi connectivity index (χ4n) is 3.43. The molecule has 0 atom stereocenters. The van der Waals surface area contributed by atoms with E-state index >= 15 is 0 Å². The molecule has 0 saturated heterocycles. The molecule has 1 aliphatic rings. The largest absolute Gasteiger partial charge is 0.360 e. The van der Waals surface area contributed by atoms with Crippen LogP contribution in [0.3, 0.4) is 0 Å². The van der Waals surface area contributed by atoms with Crippen LogP contribution >= 0.6 is 11.3 Å². The first-order valence-electron chi connectivity index (χ1n) is 9.46. The Balaban J connectivity index is 1.61. The maximum Gasteiger partial charge on any atom is 0.239 e. The van der Waals surface area contributed by atoms with Crippen LogP contribution in [0, 0.1) is 6.92 Å². The molecule has 1 aliphatic carbocycles. The molecular formula is C19H28N4OS. The third-order valence-electron chi connectivity index (χ3n) is 4.79. The molecule has 5 nitrogen and oxygen atoms in total. The molecule has 0 aromatic carbocycles. The van der Waals surface area contributed by atoms with Crippen LogP contribution < -0.4 is 10.6 Å². The summed E-state index contributed by atoms with van der Waals surface area (Å²) >= 11 is 1.70. The Morgan fingerprint density at radius 1 is 1.20 bits per heavy atom. The van der Waals surface area contributed by atoms with Crippen molar-refractivity contribution in [3.05, 3.63) is 16.8 Å².